The van der Waals surface area contributed by atoms with Crippen molar-refractivity contribution in [3.8, 4) is 0 Å². The lowest BCUT2D eigenvalue weighted by Gasteiger charge is -2.32. The number of amides is 1. The van der Waals surface area contributed by atoms with E-state index in [1.165, 1.54) is 18.4 Å². The lowest BCUT2D eigenvalue weighted by atomic mass is 9.79. The number of benzene rings is 1. The first-order valence-corrected chi connectivity index (χ1v) is 7.19. The number of nitrogens with two attached hydrogens (primary N) is 1. The highest BCUT2D eigenvalue weighted by molar-refractivity contribution is 5.83. The van der Waals surface area contributed by atoms with Crippen LogP contribution in [0.4, 0.5) is 5.69 Å². The van der Waals surface area contributed by atoms with Crippen LogP contribution in [-0.4, -0.2) is 11.9 Å². The molecule has 0 radical (unpaired) electrons. The molecule has 1 saturated carbocycles. The van der Waals surface area contributed by atoms with Crippen molar-refractivity contribution in [3.63, 3.8) is 0 Å². The first-order valence-electron chi connectivity index (χ1n) is 7.19. The molecule has 104 valence electrons. The van der Waals surface area contributed by atoms with Gasteiger partial charge in [-0.1, -0.05) is 37.5 Å². The zero-order chi connectivity index (χ0) is 13.8. The molecule has 1 fully saturated rings. The van der Waals surface area contributed by atoms with Gasteiger partial charge in [0, 0.05) is 5.69 Å². The smallest absolute Gasteiger partial charge is 0.240 e. The van der Waals surface area contributed by atoms with Gasteiger partial charge in [0.15, 0.2) is 0 Å². The third kappa shape index (κ3) is 3.72. The maximum Gasteiger partial charge on any atom is 0.240 e. The number of hydrogen-bond acceptors (Lipinski definition) is 2. The summed E-state index contributed by atoms with van der Waals surface area (Å²) in [5.74, 6) is 0.916. The summed E-state index contributed by atoms with van der Waals surface area (Å²) in [5, 5.41) is 3.32. The van der Waals surface area contributed by atoms with Gasteiger partial charge in [-0.15, -0.1) is 0 Å². The van der Waals surface area contributed by atoms with Crippen LogP contribution in [0.2, 0.25) is 0 Å². The van der Waals surface area contributed by atoms with Gasteiger partial charge in [0.1, 0.15) is 6.04 Å². The topological polar surface area (TPSA) is 55.1 Å². The average Bonchev–Trinajstić information content (AvgIpc) is 2.39. The van der Waals surface area contributed by atoms with E-state index in [2.05, 4.69) is 19.2 Å². The molecule has 0 spiro atoms. The average molecular weight is 260 g/mol. The molecular weight excluding hydrogens is 236 g/mol. The minimum absolute atomic E-state index is 0.236. The maximum absolute atomic E-state index is 11.7. The highest BCUT2D eigenvalue weighted by atomic mass is 16.1. The van der Waals surface area contributed by atoms with Gasteiger partial charge in [-0.05, 0) is 43.7 Å². The largest absolute Gasteiger partial charge is 0.373 e. The van der Waals surface area contributed by atoms with Crippen LogP contribution in [0.1, 0.15) is 38.2 Å². The summed E-state index contributed by atoms with van der Waals surface area (Å²) in [4.78, 5) is 11.7. The molecule has 0 bridgehead atoms. The van der Waals surface area contributed by atoms with Crippen molar-refractivity contribution >= 4 is 11.6 Å². The molecule has 3 N–H and O–H groups in total. The van der Waals surface area contributed by atoms with Gasteiger partial charge in [-0.2, -0.15) is 0 Å². The monoisotopic (exact) mass is 260 g/mol. The fourth-order valence-electron chi connectivity index (χ4n) is 2.87. The molecule has 3 heteroatoms. The molecular formula is C16H24N2O. The molecule has 19 heavy (non-hydrogen) atoms. The lowest BCUT2D eigenvalue weighted by molar-refractivity contribution is -0.120. The lowest BCUT2D eigenvalue weighted by Crippen LogP contribution is -2.42. The van der Waals surface area contributed by atoms with Crippen molar-refractivity contribution < 1.29 is 4.79 Å². The zero-order valence-corrected chi connectivity index (χ0v) is 11.9. The molecule has 1 aliphatic rings. The molecule has 1 aromatic rings. The van der Waals surface area contributed by atoms with Crippen LogP contribution in [0.5, 0.6) is 0 Å². The molecule has 0 saturated heterocycles. The molecule has 1 atom stereocenters. The summed E-state index contributed by atoms with van der Waals surface area (Å²) >= 11 is 0. The second kappa shape index (κ2) is 6.09. The number of hydrogen-bond donors (Lipinski definition) is 2. The molecule has 1 aliphatic carbocycles. The van der Waals surface area contributed by atoms with E-state index in [1.54, 1.807) is 0 Å². The molecule has 0 aromatic heterocycles. The normalized spacial score (nSPS) is 24.7. The number of rotatable bonds is 4. The van der Waals surface area contributed by atoms with Crippen molar-refractivity contribution in [2.75, 3.05) is 5.32 Å². The molecule has 2 rings (SSSR count). The Balaban J connectivity index is 2.04. The van der Waals surface area contributed by atoms with Gasteiger partial charge in [-0.25, -0.2) is 0 Å². The van der Waals surface area contributed by atoms with E-state index in [-0.39, 0.29) is 11.9 Å². The van der Waals surface area contributed by atoms with Crippen LogP contribution in [0.3, 0.4) is 0 Å². The Labute approximate surface area is 115 Å². The van der Waals surface area contributed by atoms with Gasteiger partial charge >= 0.3 is 0 Å². The summed E-state index contributed by atoms with van der Waals surface area (Å²) in [6.07, 6.45) is 4.58. The van der Waals surface area contributed by atoms with Crippen LogP contribution in [0, 0.1) is 18.8 Å². The molecule has 1 aromatic carbocycles. The van der Waals surface area contributed by atoms with E-state index in [4.69, 9.17) is 5.73 Å². The minimum atomic E-state index is -0.241. The second-order valence-electron chi connectivity index (χ2n) is 5.91. The number of anilines is 1. The SMILES string of the molecule is Cc1ccc(NC(C(N)=O)C2CCC(C)CC2)cc1. The van der Waals surface area contributed by atoms with Gasteiger partial charge in [0.25, 0.3) is 0 Å². The Bertz CT molecular complexity index is 419. The molecule has 3 nitrogen and oxygen atoms in total. The van der Waals surface area contributed by atoms with E-state index >= 15 is 0 Å². The number of primary amides is 1. The zero-order valence-electron chi connectivity index (χ0n) is 11.9. The second-order valence-corrected chi connectivity index (χ2v) is 5.91. The van der Waals surface area contributed by atoms with Crippen molar-refractivity contribution in [2.24, 2.45) is 17.6 Å². The third-order valence-corrected chi connectivity index (χ3v) is 4.21. The first-order chi connectivity index (χ1) is 9.06. The maximum atomic E-state index is 11.7. The number of nitrogens with one attached hydrogen (secondary N) is 1. The van der Waals surface area contributed by atoms with Crippen LogP contribution >= 0.6 is 0 Å². The van der Waals surface area contributed by atoms with E-state index < -0.39 is 0 Å². The van der Waals surface area contributed by atoms with Gasteiger partial charge < -0.3 is 11.1 Å². The van der Waals surface area contributed by atoms with E-state index in [0.717, 1.165) is 24.4 Å². The standard InChI is InChI=1S/C16H24N2O/c1-11-3-7-13(8-4-11)15(16(17)19)18-14-9-5-12(2)6-10-14/h5-6,9-11,13,15,18H,3-4,7-8H2,1-2H3,(H2,17,19). The predicted octanol–water partition coefficient (Wildman–Crippen LogP) is 3.09. The number of aryl methyl sites for hydroxylation is 1. The Hall–Kier alpha value is -1.51. The number of carbonyl (C=O) groups is 1. The summed E-state index contributed by atoms with van der Waals surface area (Å²) in [5.41, 5.74) is 7.77. The summed E-state index contributed by atoms with van der Waals surface area (Å²) < 4.78 is 0. The van der Waals surface area contributed by atoms with E-state index in [9.17, 15) is 4.79 Å². The fraction of sp³-hybridized carbons (Fsp3) is 0.562. The van der Waals surface area contributed by atoms with Crippen LogP contribution in [0.25, 0.3) is 0 Å². The summed E-state index contributed by atoms with van der Waals surface area (Å²) in [6.45, 7) is 4.33. The van der Waals surface area contributed by atoms with Crippen molar-refractivity contribution in [1.29, 1.82) is 0 Å². The highest BCUT2D eigenvalue weighted by Gasteiger charge is 2.29. The van der Waals surface area contributed by atoms with Crippen molar-refractivity contribution in [1.82, 2.24) is 0 Å². The first kappa shape index (κ1) is 13.9. The minimum Gasteiger partial charge on any atom is -0.373 e. The van der Waals surface area contributed by atoms with Crippen LogP contribution in [-0.2, 0) is 4.79 Å². The highest BCUT2D eigenvalue weighted by Crippen LogP contribution is 2.31. The van der Waals surface area contributed by atoms with Gasteiger partial charge in [-0.3, -0.25) is 4.79 Å². The molecule has 0 heterocycles. The van der Waals surface area contributed by atoms with Gasteiger partial charge in [0.05, 0.1) is 0 Å². The number of carbonyl (C=O) groups excluding carboxylic acids is 1. The van der Waals surface area contributed by atoms with Crippen molar-refractivity contribution in [2.45, 2.75) is 45.6 Å². The molecule has 0 aliphatic heterocycles. The summed E-state index contributed by atoms with van der Waals surface area (Å²) in [6, 6.07) is 7.87. The van der Waals surface area contributed by atoms with Crippen molar-refractivity contribution in [3.05, 3.63) is 29.8 Å². The summed E-state index contributed by atoms with van der Waals surface area (Å²) in [7, 11) is 0. The van der Waals surface area contributed by atoms with Gasteiger partial charge in [0.2, 0.25) is 5.91 Å². The molecule has 1 unspecified atom stereocenters. The Morgan fingerprint density at radius 1 is 1.21 bits per heavy atom. The predicted molar refractivity (Wildman–Crippen MR) is 78.9 cm³/mol. The quantitative estimate of drug-likeness (QED) is 0.874. The Morgan fingerprint density at radius 2 is 1.79 bits per heavy atom. The third-order valence-electron chi connectivity index (χ3n) is 4.21. The van der Waals surface area contributed by atoms with E-state index in [1.807, 2.05) is 24.3 Å². The van der Waals surface area contributed by atoms with E-state index in [0.29, 0.717) is 5.92 Å². The Morgan fingerprint density at radius 3 is 2.32 bits per heavy atom. The fourth-order valence-corrected chi connectivity index (χ4v) is 2.87. The van der Waals surface area contributed by atoms with Crippen LogP contribution < -0.4 is 11.1 Å². The van der Waals surface area contributed by atoms with Crippen LogP contribution in [0.15, 0.2) is 24.3 Å². The molecule has 1 amide bonds. The Kier molecular flexibility index (Phi) is 4.46.